The first-order valence-corrected chi connectivity index (χ1v) is 7.42. The molecule has 0 saturated carbocycles. The summed E-state index contributed by atoms with van der Waals surface area (Å²) in [6.45, 7) is 3.43. The number of nitrogen functional groups attached to an aromatic ring is 1. The molecule has 0 bridgehead atoms. The molecule has 4 nitrogen and oxygen atoms in total. The van der Waals surface area contributed by atoms with Crippen LogP contribution in [0.15, 0.2) is 23.1 Å². The second-order valence-corrected chi connectivity index (χ2v) is 5.97. The van der Waals surface area contributed by atoms with Crippen molar-refractivity contribution in [2.75, 3.05) is 24.6 Å². The van der Waals surface area contributed by atoms with Gasteiger partial charge in [0.2, 0.25) is 5.91 Å². The smallest absolute Gasteiger partial charge is 0.235 e. The first kappa shape index (κ1) is 13.1. The average Bonchev–Trinajstić information content (AvgIpc) is 2.86. The van der Waals surface area contributed by atoms with E-state index in [1.165, 1.54) is 0 Å². The molecule has 1 aliphatic heterocycles. The average molecular weight is 266 g/mol. The highest BCUT2D eigenvalue weighted by atomic mass is 32.2. The molecule has 1 aromatic rings. The van der Waals surface area contributed by atoms with Crippen molar-refractivity contribution in [3.63, 3.8) is 0 Å². The summed E-state index contributed by atoms with van der Waals surface area (Å²) < 4.78 is 12.2. The molecular formula is C13H18N2O2S. The normalized spacial score (nSPS) is 16.8. The summed E-state index contributed by atoms with van der Waals surface area (Å²) >= 11 is 0. The third-order valence-corrected chi connectivity index (χ3v) is 4.73. The lowest BCUT2D eigenvalue weighted by atomic mass is 10.2. The van der Waals surface area contributed by atoms with E-state index in [1.54, 1.807) is 23.1 Å². The quantitative estimate of drug-likeness (QED) is 0.839. The summed E-state index contributed by atoms with van der Waals surface area (Å²) in [5, 5.41) is 0. The van der Waals surface area contributed by atoms with Gasteiger partial charge in [0.05, 0.1) is 10.8 Å². The largest absolute Gasteiger partial charge is 0.398 e. The highest BCUT2D eigenvalue weighted by molar-refractivity contribution is 7.85. The van der Waals surface area contributed by atoms with E-state index in [1.807, 2.05) is 6.92 Å². The molecule has 0 aromatic heterocycles. The predicted octanol–water partition coefficient (Wildman–Crippen LogP) is 1.31. The highest BCUT2D eigenvalue weighted by Crippen LogP contribution is 2.19. The van der Waals surface area contributed by atoms with Gasteiger partial charge in [-0.1, -0.05) is 6.07 Å². The number of rotatable bonds is 3. The van der Waals surface area contributed by atoms with Gasteiger partial charge in [-0.3, -0.25) is 9.00 Å². The molecule has 1 aromatic carbocycles. The fourth-order valence-corrected chi connectivity index (χ4v) is 3.38. The van der Waals surface area contributed by atoms with Gasteiger partial charge in [-0.25, -0.2) is 0 Å². The van der Waals surface area contributed by atoms with Crippen LogP contribution in [0.25, 0.3) is 0 Å². The molecule has 1 unspecified atom stereocenters. The van der Waals surface area contributed by atoms with Crippen LogP contribution in [0.5, 0.6) is 0 Å². The molecule has 2 N–H and O–H groups in total. The summed E-state index contributed by atoms with van der Waals surface area (Å²) in [4.78, 5) is 14.4. The second kappa shape index (κ2) is 5.52. The maximum Gasteiger partial charge on any atom is 0.235 e. The van der Waals surface area contributed by atoms with Crippen LogP contribution in [0.1, 0.15) is 18.4 Å². The lowest BCUT2D eigenvalue weighted by Crippen LogP contribution is -2.31. The van der Waals surface area contributed by atoms with Crippen LogP contribution in [0.4, 0.5) is 5.69 Å². The van der Waals surface area contributed by atoms with Crippen LogP contribution in [0.3, 0.4) is 0 Å². The molecule has 2 rings (SSSR count). The number of likely N-dealkylation sites (tertiary alicyclic amines) is 1. The Morgan fingerprint density at radius 3 is 2.72 bits per heavy atom. The number of hydrogen-bond acceptors (Lipinski definition) is 3. The Bertz CT molecular complexity index is 482. The zero-order valence-corrected chi connectivity index (χ0v) is 11.3. The Morgan fingerprint density at radius 2 is 2.06 bits per heavy atom. The number of amides is 1. The van der Waals surface area contributed by atoms with E-state index in [-0.39, 0.29) is 11.7 Å². The van der Waals surface area contributed by atoms with Crippen molar-refractivity contribution in [2.24, 2.45) is 0 Å². The summed E-state index contributed by atoms with van der Waals surface area (Å²) in [6, 6.07) is 5.33. The van der Waals surface area contributed by atoms with E-state index >= 15 is 0 Å². The Morgan fingerprint density at radius 1 is 1.39 bits per heavy atom. The van der Waals surface area contributed by atoms with E-state index in [2.05, 4.69) is 0 Å². The van der Waals surface area contributed by atoms with Gasteiger partial charge in [-0.15, -0.1) is 0 Å². The van der Waals surface area contributed by atoms with Crippen LogP contribution in [-0.2, 0) is 15.6 Å². The Hall–Kier alpha value is -1.36. The van der Waals surface area contributed by atoms with Crippen molar-refractivity contribution in [1.82, 2.24) is 4.90 Å². The third kappa shape index (κ3) is 2.72. The van der Waals surface area contributed by atoms with Crippen LogP contribution in [0, 0.1) is 6.92 Å². The van der Waals surface area contributed by atoms with Crippen LogP contribution in [-0.4, -0.2) is 33.9 Å². The fourth-order valence-electron chi connectivity index (χ4n) is 2.13. The van der Waals surface area contributed by atoms with Gasteiger partial charge in [0, 0.05) is 23.7 Å². The van der Waals surface area contributed by atoms with Gasteiger partial charge >= 0.3 is 0 Å². The maximum absolute atomic E-state index is 12.2. The molecule has 1 atom stereocenters. The molecule has 0 spiro atoms. The lowest BCUT2D eigenvalue weighted by molar-refractivity contribution is -0.127. The van der Waals surface area contributed by atoms with E-state index in [9.17, 15) is 9.00 Å². The summed E-state index contributed by atoms with van der Waals surface area (Å²) in [6.07, 6.45) is 2.10. The Balaban J connectivity index is 2.07. The summed E-state index contributed by atoms with van der Waals surface area (Å²) in [5.41, 5.74) is 7.21. The lowest BCUT2D eigenvalue weighted by Gasteiger charge is -2.15. The number of hydrogen-bond donors (Lipinski definition) is 1. The monoisotopic (exact) mass is 266 g/mol. The van der Waals surface area contributed by atoms with Gasteiger partial charge in [-0.2, -0.15) is 0 Å². The van der Waals surface area contributed by atoms with Crippen LogP contribution >= 0.6 is 0 Å². The number of carbonyl (C=O) groups is 1. The van der Waals surface area contributed by atoms with Crippen molar-refractivity contribution in [2.45, 2.75) is 24.7 Å². The molecule has 18 heavy (non-hydrogen) atoms. The minimum atomic E-state index is -1.30. The van der Waals surface area contributed by atoms with Crippen molar-refractivity contribution >= 4 is 22.4 Å². The van der Waals surface area contributed by atoms with E-state index in [0.717, 1.165) is 31.5 Å². The molecule has 1 fully saturated rings. The van der Waals surface area contributed by atoms with Gasteiger partial charge in [0.1, 0.15) is 5.75 Å². The zero-order valence-electron chi connectivity index (χ0n) is 10.5. The van der Waals surface area contributed by atoms with Crippen molar-refractivity contribution < 1.29 is 9.00 Å². The maximum atomic E-state index is 12.2. The highest BCUT2D eigenvalue weighted by Gasteiger charge is 2.21. The van der Waals surface area contributed by atoms with Crippen molar-refractivity contribution in [1.29, 1.82) is 0 Å². The van der Waals surface area contributed by atoms with Gasteiger partial charge < -0.3 is 10.6 Å². The van der Waals surface area contributed by atoms with Gasteiger partial charge in [-0.05, 0) is 37.5 Å². The molecule has 0 radical (unpaired) electrons. The van der Waals surface area contributed by atoms with Gasteiger partial charge in [0.25, 0.3) is 0 Å². The minimum absolute atomic E-state index is 0.0207. The molecule has 1 aliphatic rings. The van der Waals surface area contributed by atoms with Gasteiger partial charge in [0.15, 0.2) is 0 Å². The first-order chi connectivity index (χ1) is 8.59. The third-order valence-electron chi connectivity index (χ3n) is 3.28. The van der Waals surface area contributed by atoms with E-state index in [4.69, 9.17) is 5.73 Å². The van der Waals surface area contributed by atoms with E-state index < -0.39 is 10.8 Å². The Labute approximate surface area is 110 Å². The predicted molar refractivity (Wildman–Crippen MR) is 72.7 cm³/mol. The molecule has 0 aliphatic carbocycles. The number of nitrogens with two attached hydrogens (primary N) is 1. The minimum Gasteiger partial charge on any atom is -0.398 e. The van der Waals surface area contributed by atoms with E-state index in [0.29, 0.717) is 10.6 Å². The van der Waals surface area contributed by atoms with Crippen molar-refractivity contribution in [3.05, 3.63) is 23.8 Å². The summed E-state index contributed by atoms with van der Waals surface area (Å²) in [7, 11) is -1.30. The molecule has 1 saturated heterocycles. The van der Waals surface area contributed by atoms with Crippen molar-refractivity contribution in [3.8, 4) is 0 Å². The first-order valence-electron chi connectivity index (χ1n) is 6.11. The number of carbonyl (C=O) groups excluding carboxylic acids is 1. The molecular weight excluding hydrogens is 248 g/mol. The second-order valence-electron chi connectivity index (χ2n) is 4.55. The molecule has 1 heterocycles. The number of benzene rings is 1. The molecule has 5 heteroatoms. The molecule has 1 amide bonds. The fraction of sp³-hybridized carbons (Fsp3) is 0.462. The van der Waals surface area contributed by atoms with Crippen LogP contribution in [0.2, 0.25) is 0 Å². The molecule has 98 valence electrons. The Kier molecular flexibility index (Phi) is 4.01. The topological polar surface area (TPSA) is 63.4 Å². The van der Waals surface area contributed by atoms with Crippen LogP contribution < -0.4 is 5.73 Å². The number of nitrogens with zero attached hydrogens (tertiary/aromatic N) is 1. The zero-order chi connectivity index (χ0) is 13.1. The summed E-state index contributed by atoms with van der Waals surface area (Å²) in [5.74, 6) is 0.0391. The standard InChI is InChI=1S/C13H18N2O2S/c1-10-11(14)5-4-6-12(10)18(17)9-13(16)15-7-2-3-8-15/h4-6H,2-3,7-9,14H2,1H3. The SMILES string of the molecule is Cc1c(N)cccc1S(=O)CC(=O)N1CCCC1. The number of anilines is 1.